The molecule has 21 heavy (non-hydrogen) atoms. The second kappa shape index (κ2) is 6.91. The fraction of sp³-hybridized carbons (Fsp3) is 0.125. The summed E-state index contributed by atoms with van der Waals surface area (Å²) in [5.74, 6) is -0.839. The Morgan fingerprint density at radius 3 is 2.48 bits per heavy atom. The average Bonchev–Trinajstić information content (AvgIpc) is 2.46. The summed E-state index contributed by atoms with van der Waals surface area (Å²) in [4.78, 5) is 10.6. The molecule has 4 nitrogen and oxygen atoms in total. The minimum Gasteiger partial charge on any atom is -0.481 e. The van der Waals surface area contributed by atoms with E-state index >= 15 is 0 Å². The number of halogens is 1. The number of hydrogen-bond acceptors (Lipinski definition) is 3. The number of carboxylic acids is 1. The van der Waals surface area contributed by atoms with Gasteiger partial charge in [-0.25, -0.2) is 0 Å². The second-order valence-electron chi connectivity index (χ2n) is 4.54. The lowest BCUT2D eigenvalue weighted by Crippen LogP contribution is -2.03. The molecule has 0 fully saturated rings. The molecule has 0 aliphatic rings. The zero-order valence-electron chi connectivity index (χ0n) is 11.1. The monoisotopic (exact) mass is 344 g/mol. The van der Waals surface area contributed by atoms with Gasteiger partial charge in [-0.1, -0.05) is 40.2 Å². The standard InChI is InChI=1S/C16H13BrN2O2/c17-14-6-5-13(9-18)15(8-14)19-10-12-3-1-11(2-4-12)7-16(20)21/h1-6,8,19H,7,10H2,(H,20,21). The molecule has 0 aliphatic carbocycles. The first-order chi connectivity index (χ1) is 10.1. The van der Waals surface area contributed by atoms with Gasteiger partial charge >= 0.3 is 5.97 Å². The molecular weight excluding hydrogens is 332 g/mol. The van der Waals surface area contributed by atoms with Crippen molar-refractivity contribution in [1.29, 1.82) is 5.26 Å². The SMILES string of the molecule is N#Cc1ccc(Br)cc1NCc1ccc(CC(=O)O)cc1. The zero-order valence-corrected chi connectivity index (χ0v) is 12.7. The molecule has 0 amide bonds. The fourth-order valence-corrected chi connectivity index (χ4v) is 2.27. The Morgan fingerprint density at radius 2 is 1.86 bits per heavy atom. The van der Waals surface area contributed by atoms with Gasteiger partial charge in [-0.2, -0.15) is 5.26 Å². The van der Waals surface area contributed by atoms with Crippen molar-refractivity contribution in [2.45, 2.75) is 13.0 Å². The summed E-state index contributed by atoms with van der Waals surface area (Å²) in [5, 5.41) is 21.0. The molecule has 0 aliphatic heterocycles. The van der Waals surface area contributed by atoms with Crippen LogP contribution in [-0.2, 0) is 17.8 Å². The number of carbonyl (C=O) groups is 1. The van der Waals surface area contributed by atoms with Gasteiger partial charge in [-0.3, -0.25) is 4.79 Å². The first-order valence-electron chi connectivity index (χ1n) is 6.31. The molecule has 2 aromatic rings. The number of aliphatic carboxylic acids is 1. The van der Waals surface area contributed by atoms with Crippen molar-refractivity contribution in [3.8, 4) is 6.07 Å². The van der Waals surface area contributed by atoms with Gasteiger partial charge in [-0.05, 0) is 29.3 Å². The minimum atomic E-state index is -0.839. The van der Waals surface area contributed by atoms with Crippen LogP contribution in [-0.4, -0.2) is 11.1 Å². The molecule has 2 aromatic carbocycles. The Kier molecular flexibility index (Phi) is 4.96. The van der Waals surface area contributed by atoms with E-state index in [0.717, 1.165) is 21.3 Å². The Bertz CT molecular complexity index is 690. The Labute approximate surface area is 131 Å². The van der Waals surface area contributed by atoms with E-state index in [-0.39, 0.29) is 6.42 Å². The van der Waals surface area contributed by atoms with Gasteiger partial charge in [0, 0.05) is 11.0 Å². The number of rotatable bonds is 5. The largest absolute Gasteiger partial charge is 0.481 e. The van der Waals surface area contributed by atoms with E-state index in [2.05, 4.69) is 27.3 Å². The Morgan fingerprint density at radius 1 is 1.19 bits per heavy atom. The number of benzene rings is 2. The average molecular weight is 345 g/mol. The molecule has 0 heterocycles. The maximum absolute atomic E-state index is 10.6. The van der Waals surface area contributed by atoms with Crippen LogP contribution in [0.2, 0.25) is 0 Å². The van der Waals surface area contributed by atoms with E-state index in [1.54, 1.807) is 18.2 Å². The Hall–Kier alpha value is -2.32. The Balaban J connectivity index is 2.05. The molecule has 0 atom stereocenters. The molecule has 0 unspecified atom stereocenters. The van der Waals surface area contributed by atoms with Crippen LogP contribution in [0.25, 0.3) is 0 Å². The molecule has 0 bridgehead atoms. The van der Waals surface area contributed by atoms with Crippen molar-refractivity contribution < 1.29 is 9.90 Å². The third kappa shape index (κ3) is 4.33. The van der Waals surface area contributed by atoms with Gasteiger partial charge in [0.1, 0.15) is 6.07 Å². The van der Waals surface area contributed by atoms with Crippen molar-refractivity contribution in [2.75, 3.05) is 5.32 Å². The number of nitrogens with zero attached hydrogens (tertiary/aromatic N) is 1. The van der Waals surface area contributed by atoms with Gasteiger partial charge in [-0.15, -0.1) is 0 Å². The minimum absolute atomic E-state index is 0.0257. The highest BCUT2D eigenvalue weighted by atomic mass is 79.9. The smallest absolute Gasteiger partial charge is 0.307 e. The van der Waals surface area contributed by atoms with Crippen LogP contribution in [0.1, 0.15) is 16.7 Å². The molecule has 0 aromatic heterocycles. The van der Waals surface area contributed by atoms with Gasteiger partial charge < -0.3 is 10.4 Å². The van der Waals surface area contributed by atoms with E-state index in [4.69, 9.17) is 10.4 Å². The van der Waals surface area contributed by atoms with E-state index in [1.807, 2.05) is 24.3 Å². The number of hydrogen-bond donors (Lipinski definition) is 2. The lowest BCUT2D eigenvalue weighted by Gasteiger charge is -2.09. The molecule has 106 valence electrons. The third-order valence-corrected chi connectivity index (χ3v) is 3.46. The van der Waals surface area contributed by atoms with Gasteiger partial charge in [0.05, 0.1) is 17.7 Å². The first-order valence-corrected chi connectivity index (χ1v) is 7.11. The predicted molar refractivity (Wildman–Crippen MR) is 84.0 cm³/mol. The molecule has 0 saturated heterocycles. The molecule has 2 N–H and O–H groups in total. The summed E-state index contributed by atoms with van der Waals surface area (Å²) < 4.78 is 0.904. The van der Waals surface area contributed by atoms with Crippen molar-refractivity contribution in [2.24, 2.45) is 0 Å². The van der Waals surface area contributed by atoms with Gasteiger partial charge in [0.15, 0.2) is 0 Å². The lowest BCUT2D eigenvalue weighted by molar-refractivity contribution is -0.136. The van der Waals surface area contributed by atoms with E-state index in [1.165, 1.54) is 0 Å². The number of nitriles is 1. The maximum atomic E-state index is 10.6. The van der Waals surface area contributed by atoms with Crippen LogP contribution in [0, 0.1) is 11.3 Å². The van der Waals surface area contributed by atoms with E-state index in [9.17, 15) is 4.79 Å². The normalized spacial score (nSPS) is 9.90. The third-order valence-electron chi connectivity index (χ3n) is 2.96. The van der Waals surface area contributed by atoms with Crippen LogP contribution in [0.15, 0.2) is 46.9 Å². The van der Waals surface area contributed by atoms with E-state index in [0.29, 0.717) is 12.1 Å². The first kappa shape index (κ1) is 15.1. The maximum Gasteiger partial charge on any atom is 0.307 e. The summed E-state index contributed by atoms with van der Waals surface area (Å²) in [6.07, 6.45) is 0.0257. The topological polar surface area (TPSA) is 73.1 Å². The van der Waals surface area contributed by atoms with Crippen LogP contribution >= 0.6 is 15.9 Å². The van der Waals surface area contributed by atoms with Crippen LogP contribution < -0.4 is 5.32 Å². The molecule has 5 heteroatoms. The summed E-state index contributed by atoms with van der Waals surface area (Å²) >= 11 is 3.38. The van der Waals surface area contributed by atoms with Crippen molar-refractivity contribution >= 4 is 27.6 Å². The van der Waals surface area contributed by atoms with Crippen molar-refractivity contribution in [1.82, 2.24) is 0 Å². The van der Waals surface area contributed by atoms with Crippen LogP contribution in [0.5, 0.6) is 0 Å². The highest BCUT2D eigenvalue weighted by Crippen LogP contribution is 2.21. The van der Waals surface area contributed by atoms with Crippen molar-refractivity contribution in [3.63, 3.8) is 0 Å². The number of nitrogens with one attached hydrogen (secondary N) is 1. The lowest BCUT2D eigenvalue weighted by atomic mass is 10.1. The van der Waals surface area contributed by atoms with Crippen LogP contribution in [0.3, 0.4) is 0 Å². The summed E-state index contributed by atoms with van der Waals surface area (Å²) in [6, 6.07) is 14.9. The highest BCUT2D eigenvalue weighted by Gasteiger charge is 2.04. The molecule has 2 rings (SSSR count). The molecule has 0 spiro atoms. The van der Waals surface area contributed by atoms with Crippen molar-refractivity contribution in [3.05, 3.63) is 63.6 Å². The number of carboxylic acid groups (broad SMARTS) is 1. The molecule has 0 saturated carbocycles. The quantitative estimate of drug-likeness (QED) is 0.869. The fourth-order valence-electron chi connectivity index (χ4n) is 1.91. The number of anilines is 1. The van der Waals surface area contributed by atoms with Crippen LogP contribution in [0.4, 0.5) is 5.69 Å². The predicted octanol–water partition coefficient (Wildman–Crippen LogP) is 3.56. The second-order valence-corrected chi connectivity index (χ2v) is 5.46. The molecule has 0 radical (unpaired) electrons. The summed E-state index contributed by atoms with van der Waals surface area (Å²) in [6.45, 7) is 0.568. The summed E-state index contributed by atoms with van der Waals surface area (Å²) in [5.41, 5.74) is 3.14. The highest BCUT2D eigenvalue weighted by molar-refractivity contribution is 9.10. The van der Waals surface area contributed by atoms with E-state index < -0.39 is 5.97 Å². The van der Waals surface area contributed by atoms with Gasteiger partial charge in [0.25, 0.3) is 0 Å². The summed E-state index contributed by atoms with van der Waals surface area (Å²) in [7, 11) is 0. The van der Waals surface area contributed by atoms with Gasteiger partial charge in [0.2, 0.25) is 0 Å². The zero-order chi connectivity index (χ0) is 15.2. The molecular formula is C16H13BrN2O2.